The van der Waals surface area contributed by atoms with Crippen molar-refractivity contribution in [3.8, 4) is 11.3 Å². The van der Waals surface area contributed by atoms with Crippen molar-refractivity contribution in [3.05, 3.63) is 83.7 Å². The number of hydrogen-bond acceptors (Lipinski definition) is 3. The molecule has 4 rings (SSSR count). The van der Waals surface area contributed by atoms with Crippen molar-refractivity contribution in [1.82, 2.24) is 9.38 Å². The van der Waals surface area contributed by atoms with E-state index in [0.717, 1.165) is 5.56 Å². The molecule has 0 amide bonds. The van der Waals surface area contributed by atoms with Gasteiger partial charge in [0.05, 0.1) is 27.4 Å². The fraction of sp³-hybridized carbons (Fsp3) is 0.136. The maximum absolute atomic E-state index is 13.2. The number of benzene rings is 2. The molecule has 1 N–H and O–H groups in total. The van der Waals surface area contributed by atoms with Crippen LogP contribution < -0.4 is 4.72 Å². The smallest absolute Gasteiger partial charge is 0.306 e. The van der Waals surface area contributed by atoms with E-state index in [1.165, 1.54) is 18.2 Å². The molecule has 0 aliphatic heterocycles. The van der Waals surface area contributed by atoms with E-state index in [4.69, 9.17) is 0 Å². The lowest BCUT2D eigenvalue weighted by atomic mass is 10.1. The molecule has 178 valence electrons. The summed E-state index contributed by atoms with van der Waals surface area (Å²) in [5.74, 6) is 0. The van der Waals surface area contributed by atoms with Crippen LogP contribution in [0, 0.1) is 6.92 Å². The SMILES string of the molecule is Cc1cccn2cc(-c3ccccc3NS(=O)(=O)c3cc(C(F)(F)F)cc(C(F)(F)F)c3)nc12. The maximum atomic E-state index is 13.2. The second-order valence-corrected chi connectivity index (χ2v) is 9.12. The van der Waals surface area contributed by atoms with Gasteiger partial charge in [0, 0.05) is 18.0 Å². The maximum Gasteiger partial charge on any atom is 0.416 e. The highest BCUT2D eigenvalue weighted by Gasteiger charge is 2.38. The van der Waals surface area contributed by atoms with E-state index < -0.39 is 38.4 Å². The van der Waals surface area contributed by atoms with E-state index in [2.05, 4.69) is 9.71 Å². The second kappa shape index (κ2) is 8.05. The molecule has 2 aromatic carbocycles. The standard InChI is InChI=1S/C22H15F6N3O2S/c1-13-5-4-8-31-12-19(29-20(13)31)17-6-2-3-7-18(17)30-34(32,33)16-10-14(21(23,24)25)9-15(11-16)22(26,27)28/h2-12,30H,1H3. The quantitative estimate of drug-likeness (QED) is 0.343. The number of sulfonamides is 1. The summed E-state index contributed by atoms with van der Waals surface area (Å²) in [4.78, 5) is 3.30. The lowest BCUT2D eigenvalue weighted by molar-refractivity contribution is -0.143. The topological polar surface area (TPSA) is 63.5 Å². The third-order valence-corrected chi connectivity index (χ3v) is 6.34. The van der Waals surface area contributed by atoms with Crippen LogP contribution in [0.25, 0.3) is 16.9 Å². The summed E-state index contributed by atoms with van der Waals surface area (Å²) in [7, 11) is -4.83. The van der Waals surface area contributed by atoms with Crippen LogP contribution >= 0.6 is 0 Å². The van der Waals surface area contributed by atoms with Crippen LogP contribution in [-0.4, -0.2) is 17.8 Å². The van der Waals surface area contributed by atoms with Gasteiger partial charge in [-0.3, -0.25) is 4.72 Å². The molecule has 0 unspecified atom stereocenters. The molecular weight excluding hydrogens is 484 g/mol. The molecule has 0 aliphatic rings. The summed E-state index contributed by atoms with van der Waals surface area (Å²) in [6, 6.07) is 9.73. The molecule has 0 bridgehead atoms. The summed E-state index contributed by atoms with van der Waals surface area (Å²) in [5, 5.41) is 0. The molecule has 0 saturated heterocycles. The Morgan fingerprint density at radius 2 is 1.50 bits per heavy atom. The number of aryl methyl sites for hydroxylation is 1. The first-order valence-electron chi connectivity index (χ1n) is 9.62. The molecule has 0 fully saturated rings. The summed E-state index contributed by atoms with van der Waals surface area (Å²) in [5.41, 5.74) is -1.43. The Bertz CT molecular complexity index is 1460. The van der Waals surface area contributed by atoms with Crippen molar-refractivity contribution in [2.45, 2.75) is 24.2 Å². The fourth-order valence-corrected chi connectivity index (χ4v) is 4.51. The first-order valence-corrected chi connectivity index (χ1v) is 11.1. The van der Waals surface area contributed by atoms with Crippen LogP contribution in [0.15, 0.2) is 71.9 Å². The normalized spacial score (nSPS) is 12.8. The average molecular weight is 499 g/mol. The molecule has 2 aromatic heterocycles. The van der Waals surface area contributed by atoms with Crippen LogP contribution in [0.2, 0.25) is 0 Å². The van der Waals surface area contributed by atoms with Crippen LogP contribution in [0.5, 0.6) is 0 Å². The number of alkyl halides is 6. The number of anilines is 1. The van der Waals surface area contributed by atoms with Gasteiger partial charge in [0.2, 0.25) is 0 Å². The Balaban J connectivity index is 1.80. The van der Waals surface area contributed by atoms with Crippen LogP contribution in [0.3, 0.4) is 0 Å². The molecule has 4 aromatic rings. The Hall–Kier alpha value is -3.54. The number of nitrogens with one attached hydrogen (secondary N) is 1. The van der Waals surface area contributed by atoms with E-state index in [0.29, 0.717) is 11.3 Å². The number of fused-ring (bicyclic) bond motifs is 1. The van der Waals surface area contributed by atoms with E-state index in [-0.39, 0.29) is 29.4 Å². The van der Waals surface area contributed by atoms with Crippen molar-refractivity contribution >= 4 is 21.4 Å². The largest absolute Gasteiger partial charge is 0.416 e. The van der Waals surface area contributed by atoms with Crippen LogP contribution in [-0.2, 0) is 22.4 Å². The minimum Gasteiger partial charge on any atom is -0.306 e. The number of imidazole rings is 1. The van der Waals surface area contributed by atoms with Gasteiger partial charge >= 0.3 is 12.4 Å². The van der Waals surface area contributed by atoms with Crippen molar-refractivity contribution < 1.29 is 34.8 Å². The van der Waals surface area contributed by atoms with Gasteiger partial charge in [-0.05, 0) is 42.8 Å². The molecule has 0 saturated carbocycles. The number of aromatic nitrogens is 2. The van der Waals surface area contributed by atoms with E-state index in [9.17, 15) is 34.8 Å². The summed E-state index contributed by atoms with van der Waals surface area (Å²) in [6.07, 6.45) is -7.01. The molecule has 34 heavy (non-hydrogen) atoms. The molecule has 0 atom stereocenters. The zero-order valence-electron chi connectivity index (χ0n) is 17.2. The van der Waals surface area contributed by atoms with Gasteiger partial charge in [-0.2, -0.15) is 26.3 Å². The molecule has 2 heterocycles. The third-order valence-electron chi connectivity index (χ3n) is 5.00. The molecule has 0 radical (unpaired) electrons. The van der Waals surface area contributed by atoms with Crippen molar-refractivity contribution in [1.29, 1.82) is 0 Å². The summed E-state index contributed by atoms with van der Waals surface area (Å²) >= 11 is 0. The van der Waals surface area contributed by atoms with Gasteiger partial charge in [0.1, 0.15) is 5.65 Å². The van der Waals surface area contributed by atoms with Gasteiger partial charge in [0.15, 0.2) is 0 Å². The summed E-state index contributed by atoms with van der Waals surface area (Å²) in [6.45, 7) is 1.83. The molecule has 0 spiro atoms. The zero-order valence-corrected chi connectivity index (χ0v) is 18.1. The highest BCUT2D eigenvalue weighted by molar-refractivity contribution is 7.92. The van der Waals surface area contributed by atoms with Crippen LogP contribution in [0.1, 0.15) is 16.7 Å². The predicted octanol–water partition coefficient (Wildman–Crippen LogP) is 6.15. The Labute approximate surface area is 189 Å². The first-order chi connectivity index (χ1) is 15.8. The lowest BCUT2D eigenvalue weighted by Gasteiger charge is -2.16. The van der Waals surface area contributed by atoms with E-state index in [1.807, 2.05) is 13.0 Å². The van der Waals surface area contributed by atoms with Gasteiger partial charge in [-0.1, -0.05) is 24.3 Å². The van der Waals surface area contributed by atoms with Crippen LogP contribution in [0.4, 0.5) is 32.0 Å². The number of para-hydroxylation sites is 1. The molecule has 5 nitrogen and oxygen atoms in total. The summed E-state index contributed by atoms with van der Waals surface area (Å²) < 4.78 is 109. The Kier molecular flexibility index (Phi) is 5.59. The van der Waals surface area contributed by atoms with Crippen molar-refractivity contribution in [2.24, 2.45) is 0 Å². The van der Waals surface area contributed by atoms with Gasteiger partial charge in [-0.25, -0.2) is 13.4 Å². The van der Waals surface area contributed by atoms with Gasteiger partial charge in [-0.15, -0.1) is 0 Å². The van der Waals surface area contributed by atoms with Crippen molar-refractivity contribution in [2.75, 3.05) is 4.72 Å². The van der Waals surface area contributed by atoms with E-state index >= 15 is 0 Å². The molecular formula is C22H15F6N3O2S. The fourth-order valence-electron chi connectivity index (χ4n) is 3.36. The zero-order chi connectivity index (χ0) is 24.9. The van der Waals surface area contributed by atoms with Gasteiger partial charge < -0.3 is 4.40 Å². The predicted molar refractivity (Wildman–Crippen MR) is 113 cm³/mol. The molecule has 0 aliphatic carbocycles. The first kappa shape index (κ1) is 23.6. The average Bonchev–Trinajstić information content (AvgIpc) is 3.18. The Morgan fingerprint density at radius 3 is 2.09 bits per heavy atom. The third kappa shape index (κ3) is 4.58. The number of nitrogens with zero attached hydrogens (tertiary/aromatic N) is 2. The minimum atomic E-state index is -5.18. The molecule has 12 heteroatoms. The number of halogens is 6. The monoisotopic (exact) mass is 499 g/mol. The number of rotatable bonds is 4. The van der Waals surface area contributed by atoms with Crippen molar-refractivity contribution in [3.63, 3.8) is 0 Å². The van der Waals surface area contributed by atoms with Gasteiger partial charge in [0.25, 0.3) is 10.0 Å². The Morgan fingerprint density at radius 1 is 0.882 bits per heavy atom. The highest BCUT2D eigenvalue weighted by Crippen LogP contribution is 2.38. The highest BCUT2D eigenvalue weighted by atomic mass is 32.2. The number of pyridine rings is 1. The lowest BCUT2D eigenvalue weighted by Crippen LogP contribution is -2.17. The minimum absolute atomic E-state index is 0.0606. The second-order valence-electron chi connectivity index (χ2n) is 7.44. The number of hydrogen-bond donors (Lipinski definition) is 1. The van der Waals surface area contributed by atoms with E-state index in [1.54, 1.807) is 28.9 Å².